The number of aromatic amines is 1. The summed E-state index contributed by atoms with van der Waals surface area (Å²) >= 11 is 0. The molecule has 1 amide bonds. The molecule has 9 nitrogen and oxygen atoms in total. The van der Waals surface area contributed by atoms with Gasteiger partial charge in [-0.05, 0) is 51.7 Å². The Bertz CT molecular complexity index is 719. The summed E-state index contributed by atoms with van der Waals surface area (Å²) < 4.78 is 1.84. The average Bonchev–Trinajstić information content (AvgIpc) is 3.34. The second kappa shape index (κ2) is 7.53. The summed E-state index contributed by atoms with van der Waals surface area (Å²) in [6.07, 6.45) is 7.48. The molecule has 0 aromatic carbocycles. The molecule has 2 aromatic rings. The quantitative estimate of drug-likeness (QED) is 0.867. The van der Waals surface area contributed by atoms with Crippen LogP contribution in [0.1, 0.15) is 48.0 Å². The Hall–Kier alpha value is -2.29. The molecule has 0 bridgehead atoms. The van der Waals surface area contributed by atoms with Gasteiger partial charge in [-0.25, -0.2) is 9.97 Å². The van der Waals surface area contributed by atoms with Crippen molar-refractivity contribution in [2.45, 2.75) is 38.1 Å². The predicted molar refractivity (Wildman–Crippen MR) is 94.5 cm³/mol. The minimum atomic E-state index is -0.0660. The van der Waals surface area contributed by atoms with E-state index in [1.807, 2.05) is 9.58 Å². The molecule has 2 saturated heterocycles. The zero-order valence-corrected chi connectivity index (χ0v) is 15.2. The first kappa shape index (κ1) is 17.1. The summed E-state index contributed by atoms with van der Waals surface area (Å²) in [5.74, 6) is 1.87. The Morgan fingerprint density at radius 3 is 2.88 bits per heavy atom. The fraction of sp³-hybridized carbons (Fsp3) is 0.706. The first-order chi connectivity index (χ1) is 12.7. The highest BCUT2D eigenvalue weighted by Crippen LogP contribution is 2.25. The highest BCUT2D eigenvalue weighted by molar-refractivity contribution is 5.90. The van der Waals surface area contributed by atoms with Gasteiger partial charge >= 0.3 is 0 Å². The highest BCUT2D eigenvalue weighted by atomic mass is 16.2. The molecule has 0 spiro atoms. The van der Waals surface area contributed by atoms with Crippen LogP contribution in [0.2, 0.25) is 0 Å². The van der Waals surface area contributed by atoms with Gasteiger partial charge in [-0.2, -0.15) is 5.10 Å². The van der Waals surface area contributed by atoms with Gasteiger partial charge in [0, 0.05) is 25.6 Å². The van der Waals surface area contributed by atoms with E-state index in [4.69, 9.17) is 0 Å². The molecule has 2 aliphatic rings. The van der Waals surface area contributed by atoms with Gasteiger partial charge in [0.25, 0.3) is 5.91 Å². The molecule has 0 radical (unpaired) electrons. The number of amides is 1. The van der Waals surface area contributed by atoms with E-state index in [9.17, 15) is 4.79 Å². The Labute approximate surface area is 152 Å². The van der Waals surface area contributed by atoms with Crippen molar-refractivity contribution in [3.63, 3.8) is 0 Å². The van der Waals surface area contributed by atoms with Crippen LogP contribution >= 0.6 is 0 Å². The molecule has 9 heteroatoms. The van der Waals surface area contributed by atoms with Crippen molar-refractivity contribution in [3.05, 3.63) is 24.3 Å². The van der Waals surface area contributed by atoms with Crippen LogP contribution in [0.3, 0.4) is 0 Å². The Morgan fingerprint density at radius 1 is 1.27 bits per heavy atom. The minimum absolute atomic E-state index is 0.0660. The number of nitrogens with zero attached hydrogens (tertiary/aromatic N) is 7. The van der Waals surface area contributed by atoms with Gasteiger partial charge in [0.2, 0.25) is 5.82 Å². The van der Waals surface area contributed by atoms with Crippen molar-refractivity contribution < 1.29 is 4.79 Å². The van der Waals surface area contributed by atoms with Crippen molar-refractivity contribution in [1.82, 2.24) is 39.7 Å². The number of aromatic nitrogens is 6. The lowest BCUT2D eigenvalue weighted by Crippen LogP contribution is -2.41. The lowest BCUT2D eigenvalue weighted by atomic mass is 9.96. The van der Waals surface area contributed by atoms with Crippen LogP contribution in [0.15, 0.2) is 12.7 Å². The summed E-state index contributed by atoms with van der Waals surface area (Å²) in [4.78, 5) is 25.6. The third-order valence-electron chi connectivity index (χ3n) is 5.52. The number of carbonyl (C=O) groups is 1. The number of hydrogen-bond acceptors (Lipinski definition) is 6. The van der Waals surface area contributed by atoms with Crippen molar-refractivity contribution >= 4 is 5.91 Å². The summed E-state index contributed by atoms with van der Waals surface area (Å²) in [7, 11) is 2.14. The monoisotopic (exact) mass is 358 g/mol. The zero-order chi connectivity index (χ0) is 17.9. The van der Waals surface area contributed by atoms with Gasteiger partial charge in [0.05, 0.1) is 0 Å². The fourth-order valence-corrected chi connectivity index (χ4v) is 3.97. The largest absolute Gasteiger partial charge is 0.336 e. The third-order valence-corrected chi connectivity index (χ3v) is 5.52. The van der Waals surface area contributed by atoms with Crippen LogP contribution in [-0.4, -0.2) is 78.9 Å². The Kier molecular flexibility index (Phi) is 4.96. The van der Waals surface area contributed by atoms with Gasteiger partial charge in [0.1, 0.15) is 18.5 Å². The van der Waals surface area contributed by atoms with E-state index in [1.54, 1.807) is 12.7 Å². The average molecular weight is 358 g/mol. The minimum Gasteiger partial charge on any atom is -0.336 e. The number of likely N-dealkylation sites (tertiary alicyclic amines) is 2. The number of H-pyrrole nitrogens is 1. The number of piperidine rings is 2. The Morgan fingerprint density at radius 2 is 2.12 bits per heavy atom. The van der Waals surface area contributed by atoms with E-state index < -0.39 is 0 Å². The van der Waals surface area contributed by atoms with Crippen molar-refractivity contribution in [1.29, 1.82) is 0 Å². The third kappa shape index (κ3) is 3.77. The van der Waals surface area contributed by atoms with Gasteiger partial charge in [-0.3, -0.25) is 14.6 Å². The molecule has 140 valence electrons. The van der Waals surface area contributed by atoms with E-state index in [2.05, 4.69) is 37.2 Å². The topological polar surface area (TPSA) is 95.8 Å². The number of nitrogens with one attached hydrogen (secondary N) is 1. The maximum Gasteiger partial charge on any atom is 0.293 e. The smallest absolute Gasteiger partial charge is 0.293 e. The standard InChI is InChI=1S/C17H26N8O/c1-23-7-4-14(5-8-23)15-20-16(22-21-15)17(26)24-6-2-3-13(9-24)10-25-12-18-11-19-25/h11-14H,2-10H2,1H3,(H,20,21,22). The summed E-state index contributed by atoms with van der Waals surface area (Å²) in [6, 6.07) is 0. The molecule has 1 unspecified atom stereocenters. The normalized spacial score (nSPS) is 22.7. The van der Waals surface area contributed by atoms with Crippen LogP contribution in [0, 0.1) is 5.92 Å². The molecule has 4 heterocycles. The van der Waals surface area contributed by atoms with E-state index in [0.29, 0.717) is 17.7 Å². The maximum atomic E-state index is 12.8. The van der Waals surface area contributed by atoms with Crippen LogP contribution in [0.25, 0.3) is 0 Å². The molecule has 2 aromatic heterocycles. The van der Waals surface area contributed by atoms with Crippen LogP contribution in [-0.2, 0) is 6.54 Å². The molecule has 0 saturated carbocycles. The molecular formula is C17H26N8O. The molecule has 0 aliphatic carbocycles. The lowest BCUT2D eigenvalue weighted by molar-refractivity contribution is 0.0647. The zero-order valence-electron chi connectivity index (χ0n) is 15.2. The fourth-order valence-electron chi connectivity index (χ4n) is 3.97. The highest BCUT2D eigenvalue weighted by Gasteiger charge is 2.28. The summed E-state index contributed by atoms with van der Waals surface area (Å²) in [5, 5.41) is 11.4. The van der Waals surface area contributed by atoms with E-state index in [0.717, 1.165) is 64.2 Å². The van der Waals surface area contributed by atoms with E-state index >= 15 is 0 Å². The summed E-state index contributed by atoms with van der Waals surface area (Å²) in [6.45, 7) is 4.40. The predicted octanol–water partition coefficient (Wildman–Crippen LogP) is 0.758. The second-order valence-electron chi connectivity index (χ2n) is 7.50. The van der Waals surface area contributed by atoms with Gasteiger partial charge in [0.15, 0.2) is 0 Å². The first-order valence-electron chi connectivity index (χ1n) is 9.41. The van der Waals surface area contributed by atoms with Crippen molar-refractivity contribution in [2.24, 2.45) is 5.92 Å². The van der Waals surface area contributed by atoms with E-state index in [1.165, 1.54) is 0 Å². The Balaban J connectivity index is 1.37. The molecule has 26 heavy (non-hydrogen) atoms. The van der Waals surface area contributed by atoms with Crippen LogP contribution in [0.4, 0.5) is 0 Å². The van der Waals surface area contributed by atoms with Gasteiger partial charge < -0.3 is 9.80 Å². The first-order valence-corrected chi connectivity index (χ1v) is 9.41. The number of rotatable bonds is 4. The molecule has 4 rings (SSSR count). The van der Waals surface area contributed by atoms with Crippen LogP contribution in [0.5, 0.6) is 0 Å². The van der Waals surface area contributed by atoms with Gasteiger partial charge in [-0.15, -0.1) is 5.10 Å². The van der Waals surface area contributed by atoms with Crippen molar-refractivity contribution in [2.75, 3.05) is 33.2 Å². The summed E-state index contributed by atoms with van der Waals surface area (Å²) in [5.41, 5.74) is 0. The van der Waals surface area contributed by atoms with E-state index in [-0.39, 0.29) is 5.91 Å². The van der Waals surface area contributed by atoms with Gasteiger partial charge in [-0.1, -0.05) is 0 Å². The van der Waals surface area contributed by atoms with Crippen LogP contribution < -0.4 is 0 Å². The molecular weight excluding hydrogens is 332 g/mol. The SMILES string of the molecule is CN1CCC(c2nc(C(=O)N3CCCC(Cn4cncn4)C3)n[nH]2)CC1. The number of hydrogen-bond donors (Lipinski definition) is 1. The molecule has 1 atom stereocenters. The lowest BCUT2D eigenvalue weighted by Gasteiger charge is -2.31. The van der Waals surface area contributed by atoms with Crippen molar-refractivity contribution in [3.8, 4) is 0 Å². The molecule has 2 aliphatic heterocycles. The number of carbonyl (C=O) groups excluding carboxylic acids is 1. The second-order valence-corrected chi connectivity index (χ2v) is 7.50. The maximum absolute atomic E-state index is 12.8. The molecule has 2 fully saturated rings. The molecule has 1 N–H and O–H groups in total.